The van der Waals surface area contributed by atoms with Gasteiger partial charge in [0.05, 0.1) is 13.7 Å². The Morgan fingerprint density at radius 2 is 1.75 bits per heavy atom. The molecular formula is C16H16O4. The van der Waals surface area contributed by atoms with Gasteiger partial charge in [-0.15, -0.1) is 0 Å². The standard InChI is InChI=1S/C16H16O4/c1-19-15-7-6-14(10-18)8-16(15)20-11-13-4-2-12(9-17)3-5-13/h2-8,10,17H,9,11H2,1H3. The molecule has 4 heteroatoms. The number of aliphatic hydroxyl groups is 1. The molecule has 0 aliphatic carbocycles. The second-order valence-electron chi connectivity index (χ2n) is 4.29. The van der Waals surface area contributed by atoms with Crippen LogP contribution in [-0.2, 0) is 13.2 Å². The molecule has 1 N–H and O–H groups in total. The fourth-order valence-electron chi connectivity index (χ4n) is 1.78. The van der Waals surface area contributed by atoms with Crippen LogP contribution in [-0.4, -0.2) is 18.5 Å². The smallest absolute Gasteiger partial charge is 0.162 e. The van der Waals surface area contributed by atoms with Gasteiger partial charge in [-0.05, 0) is 29.3 Å². The Labute approximate surface area is 117 Å². The Bertz CT molecular complexity index is 576. The summed E-state index contributed by atoms with van der Waals surface area (Å²) in [6, 6.07) is 12.5. The molecular weight excluding hydrogens is 256 g/mol. The Morgan fingerprint density at radius 1 is 1.05 bits per heavy atom. The zero-order valence-corrected chi connectivity index (χ0v) is 11.2. The third kappa shape index (κ3) is 3.36. The van der Waals surface area contributed by atoms with Crippen molar-refractivity contribution in [3.63, 3.8) is 0 Å². The zero-order chi connectivity index (χ0) is 14.4. The quantitative estimate of drug-likeness (QED) is 0.821. The van der Waals surface area contributed by atoms with E-state index in [0.29, 0.717) is 23.7 Å². The molecule has 20 heavy (non-hydrogen) atoms. The van der Waals surface area contributed by atoms with Gasteiger partial charge in [0.1, 0.15) is 12.9 Å². The van der Waals surface area contributed by atoms with E-state index in [-0.39, 0.29) is 6.61 Å². The van der Waals surface area contributed by atoms with Crippen LogP contribution in [0.25, 0.3) is 0 Å². The largest absolute Gasteiger partial charge is 0.493 e. The van der Waals surface area contributed by atoms with Gasteiger partial charge < -0.3 is 14.6 Å². The lowest BCUT2D eigenvalue weighted by Crippen LogP contribution is -1.99. The van der Waals surface area contributed by atoms with E-state index in [1.54, 1.807) is 25.3 Å². The molecule has 0 spiro atoms. The first-order valence-electron chi connectivity index (χ1n) is 6.21. The van der Waals surface area contributed by atoms with Gasteiger partial charge in [-0.25, -0.2) is 0 Å². The molecule has 0 saturated carbocycles. The molecule has 0 unspecified atom stereocenters. The molecule has 0 aromatic heterocycles. The van der Waals surface area contributed by atoms with Gasteiger partial charge in [0, 0.05) is 5.56 Å². The fraction of sp³-hybridized carbons (Fsp3) is 0.188. The maximum Gasteiger partial charge on any atom is 0.162 e. The highest BCUT2D eigenvalue weighted by Gasteiger charge is 2.06. The molecule has 0 saturated heterocycles. The van der Waals surface area contributed by atoms with Gasteiger partial charge >= 0.3 is 0 Å². The molecule has 0 aliphatic rings. The number of aliphatic hydroxyl groups excluding tert-OH is 1. The fourth-order valence-corrected chi connectivity index (χ4v) is 1.78. The Morgan fingerprint density at radius 3 is 2.35 bits per heavy atom. The number of carbonyl (C=O) groups is 1. The minimum Gasteiger partial charge on any atom is -0.493 e. The summed E-state index contributed by atoms with van der Waals surface area (Å²) >= 11 is 0. The van der Waals surface area contributed by atoms with E-state index in [1.165, 1.54) is 0 Å². The summed E-state index contributed by atoms with van der Waals surface area (Å²) < 4.78 is 10.9. The van der Waals surface area contributed by atoms with Crippen LogP contribution < -0.4 is 9.47 Å². The number of carbonyl (C=O) groups excluding carboxylic acids is 1. The summed E-state index contributed by atoms with van der Waals surface area (Å²) in [6.07, 6.45) is 0.766. The Hall–Kier alpha value is -2.33. The van der Waals surface area contributed by atoms with Crippen LogP contribution >= 0.6 is 0 Å². The Kier molecular flexibility index (Phi) is 4.74. The van der Waals surface area contributed by atoms with Gasteiger partial charge in [-0.1, -0.05) is 24.3 Å². The van der Waals surface area contributed by atoms with Crippen molar-refractivity contribution >= 4 is 6.29 Å². The van der Waals surface area contributed by atoms with Crippen molar-refractivity contribution in [2.75, 3.05) is 7.11 Å². The molecule has 2 aromatic carbocycles. The lowest BCUT2D eigenvalue weighted by Gasteiger charge is -2.11. The normalized spacial score (nSPS) is 10.1. The molecule has 0 amide bonds. The highest BCUT2D eigenvalue weighted by molar-refractivity contribution is 5.76. The van der Waals surface area contributed by atoms with Gasteiger partial charge in [-0.3, -0.25) is 4.79 Å². The molecule has 0 radical (unpaired) electrons. The number of benzene rings is 2. The molecule has 0 heterocycles. The summed E-state index contributed by atoms with van der Waals surface area (Å²) in [5, 5.41) is 8.98. The summed E-state index contributed by atoms with van der Waals surface area (Å²) in [5.41, 5.74) is 2.37. The molecule has 0 atom stereocenters. The molecule has 0 bridgehead atoms. The van der Waals surface area contributed by atoms with Crippen molar-refractivity contribution in [2.45, 2.75) is 13.2 Å². The first-order valence-corrected chi connectivity index (χ1v) is 6.21. The van der Waals surface area contributed by atoms with Gasteiger partial charge in [0.15, 0.2) is 11.5 Å². The monoisotopic (exact) mass is 272 g/mol. The van der Waals surface area contributed by atoms with Gasteiger partial charge in [0.2, 0.25) is 0 Å². The minimum atomic E-state index is 0.0241. The first kappa shape index (κ1) is 14.1. The highest BCUT2D eigenvalue weighted by Crippen LogP contribution is 2.28. The minimum absolute atomic E-state index is 0.0241. The highest BCUT2D eigenvalue weighted by atomic mass is 16.5. The second-order valence-corrected chi connectivity index (χ2v) is 4.29. The molecule has 0 aliphatic heterocycles. The van der Waals surface area contributed by atoms with Crippen LogP contribution in [0.2, 0.25) is 0 Å². The molecule has 104 valence electrons. The number of rotatable bonds is 6. The zero-order valence-electron chi connectivity index (χ0n) is 11.2. The van der Waals surface area contributed by atoms with E-state index in [9.17, 15) is 4.79 Å². The van der Waals surface area contributed by atoms with Crippen LogP contribution in [0, 0.1) is 0 Å². The van der Waals surface area contributed by atoms with Crippen LogP contribution in [0.4, 0.5) is 0 Å². The van der Waals surface area contributed by atoms with Crippen molar-refractivity contribution in [2.24, 2.45) is 0 Å². The molecule has 0 fully saturated rings. The topological polar surface area (TPSA) is 55.8 Å². The van der Waals surface area contributed by atoms with E-state index >= 15 is 0 Å². The first-order chi connectivity index (χ1) is 9.76. The summed E-state index contributed by atoms with van der Waals surface area (Å²) in [7, 11) is 1.55. The van der Waals surface area contributed by atoms with Crippen LogP contribution in [0.15, 0.2) is 42.5 Å². The van der Waals surface area contributed by atoms with Crippen molar-refractivity contribution in [3.05, 3.63) is 59.2 Å². The van der Waals surface area contributed by atoms with Crippen LogP contribution in [0.5, 0.6) is 11.5 Å². The maximum atomic E-state index is 10.8. The Balaban J connectivity index is 2.10. The number of methoxy groups -OCH3 is 1. The van der Waals surface area contributed by atoms with Gasteiger partial charge in [0.25, 0.3) is 0 Å². The predicted molar refractivity (Wildman–Crippen MR) is 75.1 cm³/mol. The average molecular weight is 272 g/mol. The number of hydrogen-bond acceptors (Lipinski definition) is 4. The SMILES string of the molecule is COc1ccc(C=O)cc1OCc1ccc(CO)cc1. The van der Waals surface area contributed by atoms with Crippen LogP contribution in [0.3, 0.4) is 0 Å². The van der Waals surface area contributed by atoms with Crippen LogP contribution in [0.1, 0.15) is 21.5 Å². The van der Waals surface area contributed by atoms with Crippen molar-refractivity contribution < 1.29 is 19.4 Å². The van der Waals surface area contributed by atoms with E-state index < -0.39 is 0 Å². The summed E-state index contributed by atoms with van der Waals surface area (Å²) in [5.74, 6) is 1.12. The number of hydrogen-bond donors (Lipinski definition) is 1. The summed E-state index contributed by atoms with van der Waals surface area (Å²) in [4.78, 5) is 10.8. The third-order valence-corrected chi connectivity index (χ3v) is 2.92. The molecule has 2 aromatic rings. The van der Waals surface area contributed by atoms with E-state index in [1.807, 2.05) is 24.3 Å². The van der Waals surface area contributed by atoms with Gasteiger partial charge in [-0.2, -0.15) is 0 Å². The molecule has 2 rings (SSSR count). The predicted octanol–water partition coefficient (Wildman–Crippen LogP) is 2.58. The lowest BCUT2D eigenvalue weighted by atomic mass is 10.1. The van der Waals surface area contributed by atoms with E-state index in [4.69, 9.17) is 14.6 Å². The van der Waals surface area contributed by atoms with Crippen molar-refractivity contribution in [1.29, 1.82) is 0 Å². The third-order valence-electron chi connectivity index (χ3n) is 2.92. The van der Waals surface area contributed by atoms with E-state index in [0.717, 1.165) is 17.4 Å². The maximum absolute atomic E-state index is 10.8. The number of aldehydes is 1. The van der Waals surface area contributed by atoms with Crippen molar-refractivity contribution in [3.8, 4) is 11.5 Å². The lowest BCUT2D eigenvalue weighted by molar-refractivity contribution is 0.112. The summed E-state index contributed by atoms with van der Waals surface area (Å²) in [6.45, 7) is 0.390. The van der Waals surface area contributed by atoms with Crippen molar-refractivity contribution in [1.82, 2.24) is 0 Å². The number of ether oxygens (including phenoxy) is 2. The second kappa shape index (κ2) is 6.73. The van der Waals surface area contributed by atoms with E-state index in [2.05, 4.69) is 0 Å². The average Bonchev–Trinajstić information content (AvgIpc) is 2.53. The molecule has 4 nitrogen and oxygen atoms in total.